The summed E-state index contributed by atoms with van der Waals surface area (Å²) in [6, 6.07) is 87.6. The topological polar surface area (TPSA) is 12.4 Å². The van der Waals surface area contributed by atoms with E-state index < -0.39 is 0 Å². The molecule has 0 aromatic heterocycles. The van der Waals surface area contributed by atoms with Crippen molar-refractivity contribution in [3.05, 3.63) is 259 Å². The SMILES string of the molecule is CC(=Nc1c(C)c(-c2ccccc2)c2ccccc2c1-c1ccccc1)c1ccc2c(-c3cccc4ccccc34)c3ccccc3c(-c3cccc4ccccc34)c2c1.Cc1ccccc1. The van der Waals surface area contributed by atoms with Crippen LogP contribution in [0.5, 0.6) is 0 Å². The zero-order valence-corrected chi connectivity index (χ0v) is 38.0. The van der Waals surface area contributed by atoms with Crippen LogP contribution in [0.1, 0.15) is 23.6 Å². The van der Waals surface area contributed by atoms with Crippen LogP contribution in [0.3, 0.4) is 0 Å². The molecule has 0 aliphatic carbocycles. The first kappa shape index (κ1) is 41.3. The summed E-state index contributed by atoms with van der Waals surface area (Å²) in [6.45, 7) is 6.51. The smallest absolute Gasteiger partial charge is 0.0753 e. The zero-order chi connectivity index (χ0) is 45.3. The molecular formula is C66H49N. The molecule has 12 aromatic carbocycles. The summed E-state index contributed by atoms with van der Waals surface area (Å²) in [7, 11) is 0. The molecule has 0 aliphatic rings. The quantitative estimate of drug-likeness (QED) is 0.117. The van der Waals surface area contributed by atoms with Crippen molar-refractivity contribution in [3.63, 3.8) is 0 Å². The van der Waals surface area contributed by atoms with Crippen molar-refractivity contribution in [1.29, 1.82) is 0 Å². The van der Waals surface area contributed by atoms with Crippen molar-refractivity contribution in [3.8, 4) is 44.5 Å². The van der Waals surface area contributed by atoms with Crippen molar-refractivity contribution in [2.45, 2.75) is 20.8 Å². The zero-order valence-electron chi connectivity index (χ0n) is 38.0. The fraction of sp³-hybridized carbons (Fsp3) is 0.0455. The summed E-state index contributed by atoms with van der Waals surface area (Å²) in [5.41, 5.74) is 15.3. The molecule has 0 heterocycles. The number of aliphatic imine (C=N–C) groups is 1. The molecule has 12 rings (SSSR count). The van der Waals surface area contributed by atoms with E-state index in [9.17, 15) is 0 Å². The molecule has 0 bridgehead atoms. The van der Waals surface area contributed by atoms with Gasteiger partial charge in [-0.15, -0.1) is 0 Å². The number of hydrogen-bond acceptors (Lipinski definition) is 1. The van der Waals surface area contributed by atoms with Gasteiger partial charge in [0.15, 0.2) is 0 Å². The van der Waals surface area contributed by atoms with Crippen molar-refractivity contribution >= 4 is 65.3 Å². The molecule has 0 unspecified atom stereocenters. The monoisotopic (exact) mass is 855 g/mol. The Morgan fingerprint density at radius 3 is 1.21 bits per heavy atom. The molecule has 1 heteroatoms. The van der Waals surface area contributed by atoms with Gasteiger partial charge in [-0.25, -0.2) is 0 Å². The number of benzene rings is 12. The van der Waals surface area contributed by atoms with E-state index in [0.717, 1.165) is 28.1 Å². The lowest BCUT2D eigenvalue weighted by molar-refractivity contribution is 1.40. The van der Waals surface area contributed by atoms with E-state index in [1.807, 2.05) is 18.2 Å². The third-order valence-corrected chi connectivity index (χ3v) is 13.3. The highest BCUT2D eigenvalue weighted by atomic mass is 14.8. The van der Waals surface area contributed by atoms with E-state index in [2.05, 4.69) is 245 Å². The van der Waals surface area contributed by atoms with Gasteiger partial charge in [0.25, 0.3) is 0 Å². The predicted octanol–water partition coefficient (Wildman–Crippen LogP) is 18.6. The Labute approximate surface area is 393 Å². The number of hydrogen-bond donors (Lipinski definition) is 0. The summed E-state index contributed by atoms with van der Waals surface area (Å²) in [6.07, 6.45) is 0. The Balaban J connectivity index is 0.000000649. The normalized spacial score (nSPS) is 11.6. The lowest BCUT2D eigenvalue weighted by atomic mass is 9.83. The van der Waals surface area contributed by atoms with Gasteiger partial charge in [-0.05, 0) is 131 Å². The molecule has 0 spiro atoms. The first-order valence-electron chi connectivity index (χ1n) is 23.2. The molecular weight excluding hydrogens is 807 g/mol. The first-order chi connectivity index (χ1) is 33.0. The first-order valence-corrected chi connectivity index (χ1v) is 23.2. The lowest BCUT2D eigenvalue weighted by Gasteiger charge is -2.21. The minimum absolute atomic E-state index is 0.968. The fourth-order valence-corrected chi connectivity index (χ4v) is 10.2. The highest BCUT2D eigenvalue weighted by molar-refractivity contribution is 6.26. The Morgan fingerprint density at radius 1 is 0.313 bits per heavy atom. The molecule has 0 radical (unpaired) electrons. The van der Waals surface area contributed by atoms with Gasteiger partial charge in [-0.1, -0.05) is 242 Å². The summed E-state index contributed by atoms with van der Waals surface area (Å²) < 4.78 is 0. The van der Waals surface area contributed by atoms with Gasteiger partial charge in [0, 0.05) is 11.3 Å². The van der Waals surface area contributed by atoms with Gasteiger partial charge in [-0.3, -0.25) is 4.99 Å². The standard InChI is InChI=1S/C59H41N.C7H8/c1-38-55(42-21-5-3-6-22-42)49-29-13-14-30-50(49)56(43-23-7-4-8-24-43)59(38)60-39(2)44-35-36-53-54(37-44)58(48-34-18-26-41-20-10-12-28-46(41)48)52-32-16-15-31-51(52)57(53)47-33-17-25-40-19-9-11-27-45(40)47;1-7-5-3-2-4-6-7/h3-37H,1-2H3;2-6H,1H3. The second-order valence-corrected chi connectivity index (χ2v) is 17.5. The second-order valence-electron chi connectivity index (χ2n) is 17.5. The van der Waals surface area contributed by atoms with E-state index in [4.69, 9.17) is 4.99 Å². The van der Waals surface area contributed by atoms with Crippen molar-refractivity contribution in [1.82, 2.24) is 0 Å². The second kappa shape index (κ2) is 17.9. The van der Waals surface area contributed by atoms with E-state index in [0.29, 0.717) is 0 Å². The third kappa shape index (κ3) is 7.65. The summed E-state index contributed by atoms with van der Waals surface area (Å²) >= 11 is 0. The number of aryl methyl sites for hydroxylation is 1. The molecule has 0 aliphatic heterocycles. The molecule has 0 saturated heterocycles. The van der Waals surface area contributed by atoms with Crippen LogP contribution in [0.15, 0.2) is 248 Å². The molecule has 1 nitrogen and oxygen atoms in total. The molecule has 12 aromatic rings. The van der Waals surface area contributed by atoms with Crippen molar-refractivity contribution in [2.75, 3.05) is 0 Å². The number of nitrogens with zero attached hydrogens (tertiary/aromatic N) is 1. The Morgan fingerprint density at radius 2 is 0.701 bits per heavy atom. The van der Waals surface area contributed by atoms with Crippen LogP contribution in [-0.2, 0) is 0 Å². The van der Waals surface area contributed by atoms with Crippen LogP contribution in [0.2, 0.25) is 0 Å². The molecule has 0 atom stereocenters. The molecule has 0 saturated carbocycles. The van der Waals surface area contributed by atoms with Gasteiger partial charge >= 0.3 is 0 Å². The minimum Gasteiger partial charge on any atom is -0.252 e. The molecule has 0 N–H and O–H groups in total. The maximum absolute atomic E-state index is 5.70. The minimum atomic E-state index is 0.968. The average molecular weight is 856 g/mol. The molecule has 67 heavy (non-hydrogen) atoms. The summed E-state index contributed by atoms with van der Waals surface area (Å²) in [5.74, 6) is 0. The Bertz CT molecular complexity index is 3800. The van der Waals surface area contributed by atoms with Gasteiger partial charge in [-0.2, -0.15) is 0 Å². The van der Waals surface area contributed by atoms with Crippen LogP contribution in [0, 0.1) is 13.8 Å². The lowest BCUT2D eigenvalue weighted by Crippen LogP contribution is -1.99. The highest BCUT2D eigenvalue weighted by Crippen LogP contribution is 2.49. The third-order valence-electron chi connectivity index (χ3n) is 13.3. The van der Waals surface area contributed by atoms with Gasteiger partial charge in [0.2, 0.25) is 0 Å². The van der Waals surface area contributed by atoms with Crippen molar-refractivity contribution < 1.29 is 0 Å². The molecule has 318 valence electrons. The molecule has 0 fully saturated rings. The van der Waals surface area contributed by atoms with Crippen LogP contribution >= 0.6 is 0 Å². The molecule has 0 amide bonds. The van der Waals surface area contributed by atoms with Gasteiger partial charge in [0.1, 0.15) is 0 Å². The van der Waals surface area contributed by atoms with Crippen LogP contribution < -0.4 is 0 Å². The van der Waals surface area contributed by atoms with E-state index in [1.165, 1.54) is 98.4 Å². The van der Waals surface area contributed by atoms with Gasteiger partial charge < -0.3 is 0 Å². The average Bonchev–Trinajstić information content (AvgIpc) is 3.38. The highest BCUT2D eigenvalue weighted by Gasteiger charge is 2.22. The van der Waals surface area contributed by atoms with Crippen molar-refractivity contribution in [2.24, 2.45) is 4.99 Å². The van der Waals surface area contributed by atoms with E-state index in [-0.39, 0.29) is 0 Å². The largest absolute Gasteiger partial charge is 0.252 e. The Hall–Kier alpha value is -8.39. The number of fused-ring (bicyclic) bond motifs is 5. The van der Waals surface area contributed by atoms with Crippen LogP contribution in [-0.4, -0.2) is 5.71 Å². The maximum atomic E-state index is 5.70. The van der Waals surface area contributed by atoms with E-state index in [1.54, 1.807) is 0 Å². The maximum Gasteiger partial charge on any atom is 0.0753 e. The predicted molar refractivity (Wildman–Crippen MR) is 290 cm³/mol. The number of rotatable bonds is 6. The van der Waals surface area contributed by atoms with E-state index >= 15 is 0 Å². The summed E-state index contributed by atoms with van der Waals surface area (Å²) in [4.78, 5) is 5.70. The fourth-order valence-electron chi connectivity index (χ4n) is 10.2. The Kier molecular flexibility index (Phi) is 11.0. The van der Waals surface area contributed by atoms with Crippen LogP contribution in [0.4, 0.5) is 5.69 Å². The van der Waals surface area contributed by atoms with Crippen LogP contribution in [0.25, 0.3) is 98.4 Å². The van der Waals surface area contributed by atoms with Gasteiger partial charge in [0.05, 0.1) is 5.69 Å². The summed E-state index contributed by atoms with van der Waals surface area (Å²) in [5, 5.41) is 12.3.